The van der Waals surface area contributed by atoms with Crippen molar-refractivity contribution in [2.24, 2.45) is 0 Å². The molecule has 3 aromatic heterocycles. The molecule has 1 aliphatic rings. The number of aromatic nitrogens is 5. The smallest absolute Gasteiger partial charge is 0.182 e. The molecule has 1 fully saturated rings. The van der Waals surface area contributed by atoms with E-state index < -0.39 is 5.82 Å². The van der Waals surface area contributed by atoms with E-state index in [9.17, 15) is 4.39 Å². The standard InChI is InChI=1S/C24H21ClFN5O/c1-13-9-15(5-7-27-13)20-10-16(6-8-32-20)23-30-21(18-4-3-17(25)11-19(18)26)22-24(31-23)29-14(2)12-28-22/h3-5,7,9,11-12,16,20H,6,8,10H2,1-2H3/t16-,20+/m1/s1. The number of halogens is 2. The fourth-order valence-electron chi connectivity index (χ4n) is 4.09. The summed E-state index contributed by atoms with van der Waals surface area (Å²) in [6.45, 7) is 4.40. The molecule has 0 bridgehead atoms. The lowest BCUT2D eigenvalue weighted by Gasteiger charge is -2.29. The van der Waals surface area contributed by atoms with Gasteiger partial charge in [-0.1, -0.05) is 11.6 Å². The molecule has 5 rings (SSSR count). The number of benzene rings is 1. The summed E-state index contributed by atoms with van der Waals surface area (Å²) in [5, 5.41) is 0.326. The van der Waals surface area contributed by atoms with Crippen LogP contribution in [0.4, 0.5) is 4.39 Å². The molecule has 1 saturated heterocycles. The van der Waals surface area contributed by atoms with Crippen molar-refractivity contribution in [3.8, 4) is 11.3 Å². The largest absolute Gasteiger partial charge is 0.373 e. The molecule has 0 N–H and O–H groups in total. The Labute approximate surface area is 189 Å². The van der Waals surface area contributed by atoms with Crippen LogP contribution in [0.1, 0.15) is 47.6 Å². The van der Waals surface area contributed by atoms with Gasteiger partial charge < -0.3 is 4.74 Å². The van der Waals surface area contributed by atoms with E-state index in [0.717, 1.165) is 29.8 Å². The van der Waals surface area contributed by atoms with Crippen LogP contribution in [0.3, 0.4) is 0 Å². The van der Waals surface area contributed by atoms with Gasteiger partial charge in [-0.15, -0.1) is 0 Å². The first-order chi connectivity index (χ1) is 15.5. The quantitative estimate of drug-likeness (QED) is 0.409. The van der Waals surface area contributed by atoms with Crippen molar-refractivity contribution >= 4 is 22.8 Å². The minimum absolute atomic E-state index is 0.0445. The molecule has 8 heteroatoms. The summed E-state index contributed by atoms with van der Waals surface area (Å²) in [4.78, 5) is 22.8. The van der Waals surface area contributed by atoms with Gasteiger partial charge in [0.1, 0.15) is 22.9 Å². The molecule has 4 aromatic rings. The van der Waals surface area contributed by atoms with Gasteiger partial charge in [0.15, 0.2) is 5.65 Å². The normalized spacial score (nSPS) is 18.8. The Hall–Kier alpha value is -3.03. The molecule has 4 heterocycles. The van der Waals surface area contributed by atoms with Crippen molar-refractivity contribution in [3.05, 3.63) is 76.3 Å². The van der Waals surface area contributed by atoms with Gasteiger partial charge in [-0.05, 0) is 62.6 Å². The predicted octanol–water partition coefficient (Wildman–Crippen LogP) is 5.53. The van der Waals surface area contributed by atoms with E-state index in [1.807, 2.05) is 26.0 Å². The maximum absolute atomic E-state index is 14.8. The lowest BCUT2D eigenvalue weighted by Crippen LogP contribution is -2.21. The topological polar surface area (TPSA) is 73.7 Å². The van der Waals surface area contributed by atoms with Crippen LogP contribution in [0.2, 0.25) is 5.02 Å². The van der Waals surface area contributed by atoms with Crippen LogP contribution < -0.4 is 0 Å². The summed E-state index contributed by atoms with van der Waals surface area (Å²) in [5.74, 6) is 0.215. The molecule has 6 nitrogen and oxygen atoms in total. The van der Waals surface area contributed by atoms with Crippen molar-refractivity contribution in [1.29, 1.82) is 0 Å². The highest BCUT2D eigenvalue weighted by molar-refractivity contribution is 6.30. The van der Waals surface area contributed by atoms with Crippen LogP contribution in [0.25, 0.3) is 22.4 Å². The number of ether oxygens (including phenoxy) is 1. The third kappa shape index (κ3) is 4.06. The predicted molar refractivity (Wildman–Crippen MR) is 120 cm³/mol. The number of fused-ring (bicyclic) bond motifs is 1. The third-order valence-corrected chi connectivity index (χ3v) is 5.91. The highest BCUT2D eigenvalue weighted by Gasteiger charge is 2.29. The van der Waals surface area contributed by atoms with Gasteiger partial charge in [-0.25, -0.2) is 24.3 Å². The maximum atomic E-state index is 14.8. The Kier molecular flexibility index (Phi) is 5.53. The zero-order valence-corrected chi connectivity index (χ0v) is 18.5. The van der Waals surface area contributed by atoms with E-state index in [2.05, 4.69) is 15.0 Å². The second-order valence-corrected chi connectivity index (χ2v) is 8.49. The van der Waals surface area contributed by atoms with E-state index in [4.69, 9.17) is 26.3 Å². The molecular weight excluding hydrogens is 429 g/mol. The Bertz CT molecular complexity index is 1320. The van der Waals surface area contributed by atoms with Crippen molar-refractivity contribution in [3.63, 3.8) is 0 Å². The zero-order valence-electron chi connectivity index (χ0n) is 17.7. The number of pyridine rings is 1. The van der Waals surface area contributed by atoms with Crippen molar-refractivity contribution in [2.75, 3.05) is 6.61 Å². The summed E-state index contributed by atoms with van der Waals surface area (Å²) in [7, 11) is 0. The van der Waals surface area contributed by atoms with E-state index in [-0.39, 0.29) is 12.0 Å². The van der Waals surface area contributed by atoms with E-state index in [1.165, 1.54) is 6.07 Å². The lowest BCUT2D eigenvalue weighted by atomic mass is 9.91. The number of hydrogen-bond acceptors (Lipinski definition) is 6. The van der Waals surface area contributed by atoms with E-state index >= 15 is 0 Å². The van der Waals surface area contributed by atoms with Crippen LogP contribution in [0.15, 0.2) is 42.7 Å². The Balaban J connectivity index is 1.59. The summed E-state index contributed by atoms with van der Waals surface area (Å²) in [6.07, 6.45) is 4.85. The molecule has 0 unspecified atom stereocenters. The molecule has 0 amide bonds. The number of rotatable bonds is 3. The van der Waals surface area contributed by atoms with Gasteiger partial charge in [0, 0.05) is 41.2 Å². The Morgan fingerprint density at radius 3 is 2.72 bits per heavy atom. The highest BCUT2D eigenvalue weighted by atomic mass is 35.5. The molecule has 32 heavy (non-hydrogen) atoms. The average Bonchev–Trinajstić information content (AvgIpc) is 2.78. The van der Waals surface area contributed by atoms with Crippen molar-refractivity contribution in [1.82, 2.24) is 24.9 Å². The lowest BCUT2D eigenvalue weighted by molar-refractivity contribution is 0.00393. The first-order valence-electron chi connectivity index (χ1n) is 10.5. The van der Waals surface area contributed by atoms with Crippen LogP contribution in [0.5, 0.6) is 0 Å². The van der Waals surface area contributed by atoms with Gasteiger partial charge in [-0.2, -0.15) is 0 Å². The summed E-state index contributed by atoms with van der Waals surface area (Å²) < 4.78 is 20.9. The van der Waals surface area contributed by atoms with Gasteiger partial charge >= 0.3 is 0 Å². The molecular formula is C24H21ClFN5O. The third-order valence-electron chi connectivity index (χ3n) is 5.67. The molecule has 0 radical (unpaired) electrons. The van der Waals surface area contributed by atoms with Gasteiger partial charge in [-0.3, -0.25) is 4.98 Å². The average molecular weight is 450 g/mol. The van der Waals surface area contributed by atoms with Gasteiger partial charge in [0.25, 0.3) is 0 Å². The SMILES string of the molecule is Cc1cc([C@@H]2C[C@H](c3nc(-c4ccc(Cl)cc4F)c4ncc(C)nc4n3)CCO2)ccn1. The molecule has 162 valence electrons. The van der Waals surface area contributed by atoms with Crippen molar-refractivity contribution in [2.45, 2.75) is 38.7 Å². The fourth-order valence-corrected chi connectivity index (χ4v) is 4.25. The number of nitrogens with zero attached hydrogens (tertiary/aromatic N) is 5. The zero-order chi connectivity index (χ0) is 22.2. The second-order valence-electron chi connectivity index (χ2n) is 8.05. The van der Waals surface area contributed by atoms with Crippen LogP contribution in [-0.4, -0.2) is 31.5 Å². The summed E-state index contributed by atoms with van der Waals surface area (Å²) in [5.41, 5.74) is 4.45. The monoisotopic (exact) mass is 449 g/mol. The minimum Gasteiger partial charge on any atom is -0.373 e. The first kappa shape index (κ1) is 20.8. The highest BCUT2D eigenvalue weighted by Crippen LogP contribution is 2.38. The minimum atomic E-state index is -0.456. The molecule has 1 aliphatic heterocycles. The molecule has 0 spiro atoms. The van der Waals surface area contributed by atoms with Crippen LogP contribution in [0, 0.1) is 19.7 Å². The second kappa shape index (κ2) is 8.48. The molecule has 0 saturated carbocycles. The van der Waals surface area contributed by atoms with Crippen molar-refractivity contribution < 1.29 is 9.13 Å². The first-order valence-corrected chi connectivity index (χ1v) is 10.9. The number of aryl methyl sites for hydroxylation is 2. The summed E-state index contributed by atoms with van der Waals surface area (Å²) in [6, 6.07) is 8.56. The fraction of sp³-hybridized carbons (Fsp3) is 0.292. The van der Waals surface area contributed by atoms with Gasteiger partial charge in [0.05, 0.1) is 11.8 Å². The van der Waals surface area contributed by atoms with Gasteiger partial charge in [0.2, 0.25) is 0 Å². The molecule has 1 aromatic carbocycles. The number of hydrogen-bond donors (Lipinski definition) is 0. The molecule has 2 atom stereocenters. The Morgan fingerprint density at radius 1 is 1.03 bits per heavy atom. The maximum Gasteiger partial charge on any atom is 0.182 e. The van der Waals surface area contributed by atoms with Crippen LogP contribution >= 0.6 is 11.6 Å². The summed E-state index contributed by atoms with van der Waals surface area (Å²) >= 11 is 5.96. The van der Waals surface area contributed by atoms with E-state index in [1.54, 1.807) is 24.5 Å². The molecule has 0 aliphatic carbocycles. The van der Waals surface area contributed by atoms with E-state index in [0.29, 0.717) is 39.9 Å². The van der Waals surface area contributed by atoms with Crippen LogP contribution in [-0.2, 0) is 4.74 Å². The Morgan fingerprint density at radius 2 is 1.91 bits per heavy atom.